The van der Waals surface area contributed by atoms with Crippen molar-refractivity contribution in [3.63, 3.8) is 0 Å². The first-order chi connectivity index (χ1) is 18.5. The number of benzene rings is 1. The first kappa shape index (κ1) is 29.3. The number of carbonyl (C=O) groups excluding carboxylic acids is 2. The van der Waals surface area contributed by atoms with Crippen LogP contribution in [0, 0.1) is 5.92 Å². The lowest BCUT2D eigenvalue weighted by Gasteiger charge is -2.34. The normalized spacial score (nSPS) is 22.2. The minimum atomic E-state index is -0.469. The molecule has 2 amide bonds. The van der Waals surface area contributed by atoms with Crippen LogP contribution in [0.1, 0.15) is 63.4 Å². The Labute approximate surface area is 237 Å². The number of nitrogens with zero attached hydrogens (tertiary/aromatic N) is 2. The van der Waals surface area contributed by atoms with Gasteiger partial charge in [-0.2, -0.15) is 0 Å². The highest BCUT2D eigenvalue weighted by molar-refractivity contribution is 7.99. The summed E-state index contributed by atoms with van der Waals surface area (Å²) in [6.07, 6.45) is 10.5. The SMILES string of the molecule is COCC(=O)N1CSC[C@H]1C(=O)N[C@H](CCC1CCCCC1)C(=S)NC1CCN(Cc2ccccc2)CC1. The standard InChI is InChI=1S/C29H44N4O3S2/c1-36-19-27(34)33-21-38-20-26(33)28(35)31-25(13-12-22-8-4-2-5-9-22)29(37)30-24-14-16-32(17-15-24)18-23-10-6-3-7-11-23/h3,6-7,10-11,22,24-26H,2,4-5,8-9,12-21H2,1H3,(H,30,37)(H,31,35)/t25-,26+/m1/s1. The maximum absolute atomic E-state index is 13.4. The van der Waals surface area contributed by atoms with Gasteiger partial charge in [-0.05, 0) is 37.2 Å². The molecule has 0 spiro atoms. The topological polar surface area (TPSA) is 73.9 Å². The number of carbonyl (C=O) groups is 2. The highest BCUT2D eigenvalue weighted by Crippen LogP contribution is 2.28. The van der Waals surface area contributed by atoms with Gasteiger partial charge in [-0.25, -0.2) is 0 Å². The van der Waals surface area contributed by atoms with Crippen LogP contribution in [0.4, 0.5) is 0 Å². The van der Waals surface area contributed by atoms with Crippen LogP contribution in [0.3, 0.4) is 0 Å². The van der Waals surface area contributed by atoms with Crippen molar-refractivity contribution in [2.75, 3.05) is 38.4 Å². The zero-order valence-corrected chi connectivity index (χ0v) is 24.4. The van der Waals surface area contributed by atoms with Crippen molar-refractivity contribution in [2.24, 2.45) is 5.92 Å². The molecule has 3 fully saturated rings. The van der Waals surface area contributed by atoms with Crippen LogP contribution < -0.4 is 10.6 Å². The van der Waals surface area contributed by atoms with E-state index in [1.807, 2.05) is 0 Å². The van der Waals surface area contributed by atoms with E-state index < -0.39 is 6.04 Å². The molecule has 210 valence electrons. The largest absolute Gasteiger partial charge is 0.375 e. The van der Waals surface area contributed by atoms with E-state index in [2.05, 4.69) is 45.9 Å². The van der Waals surface area contributed by atoms with Gasteiger partial charge in [0.15, 0.2) is 0 Å². The number of nitrogens with one attached hydrogen (secondary N) is 2. The lowest BCUT2D eigenvalue weighted by Crippen LogP contribution is -2.55. The van der Waals surface area contributed by atoms with Crippen LogP contribution in [-0.4, -0.2) is 83.2 Å². The third-order valence-corrected chi connectivity index (χ3v) is 9.59. The van der Waals surface area contributed by atoms with Crippen LogP contribution in [0.2, 0.25) is 0 Å². The van der Waals surface area contributed by atoms with Crippen molar-refractivity contribution in [3.8, 4) is 0 Å². The van der Waals surface area contributed by atoms with Crippen LogP contribution >= 0.6 is 24.0 Å². The Bertz CT molecular complexity index is 904. The Hall–Kier alpha value is -1.68. The van der Waals surface area contributed by atoms with Gasteiger partial charge in [0, 0.05) is 38.5 Å². The van der Waals surface area contributed by atoms with Crippen molar-refractivity contribution in [1.82, 2.24) is 20.4 Å². The molecule has 4 rings (SSSR count). The summed E-state index contributed by atoms with van der Waals surface area (Å²) in [5, 5.41) is 6.88. The highest BCUT2D eigenvalue weighted by atomic mass is 32.2. The quantitative estimate of drug-likeness (QED) is 0.397. The predicted molar refractivity (Wildman–Crippen MR) is 158 cm³/mol. The molecule has 2 saturated heterocycles. The first-order valence-electron chi connectivity index (χ1n) is 14.3. The highest BCUT2D eigenvalue weighted by Gasteiger charge is 2.36. The third kappa shape index (κ3) is 8.66. The molecule has 1 aromatic carbocycles. The summed E-state index contributed by atoms with van der Waals surface area (Å²) in [6, 6.07) is 10.3. The van der Waals surface area contributed by atoms with Gasteiger partial charge < -0.3 is 20.3 Å². The molecule has 0 aromatic heterocycles. The van der Waals surface area contributed by atoms with E-state index in [1.54, 1.807) is 16.7 Å². The molecule has 1 aromatic rings. The van der Waals surface area contributed by atoms with Crippen LogP contribution in [0.15, 0.2) is 30.3 Å². The van der Waals surface area contributed by atoms with E-state index >= 15 is 0 Å². The van der Waals surface area contributed by atoms with Gasteiger partial charge in [-0.15, -0.1) is 11.8 Å². The number of hydrogen-bond donors (Lipinski definition) is 2. The molecule has 2 N–H and O–H groups in total. The number of methoxy groups -OCH3 is 1. The van der Waals surface area contributed by atoms with Gasteiger partial charge >= 0.3 is 0 Å². The maximum Gasteiger partial charge on any atom is 0.249 e. The van der Waals surface area contributed by atoms with Crippen molar-refractivity contribution >= 4 is 40.8 Å². The van der Waals surface area contributed by atoms with E-state index in [0.717, 1.165) is 50.3 Å². The first-order valence-corrected chi connectivity index (χ1v) is 15.8. The fraction of sp³-hybridized carbons (Fsp3) is 0.690. The molecular formula is C29H44N4O3S2. The van der Waals surface area contributed by atoms with Crippen LogP contribution in [-0.2, 0) is 20.9 Å². The summed E-state index contributed by atoms with van der Waals surface area (Å²) < 4.78 is 5.03. The number of ether oxygens (including phenoxy) is 1. The van der Waals surface area contributed by atoms with Crippen molar-refractivity contribution in [2.45, 2.75) is 82.5 Å². The Kier molecular flexibility index (Phi) is 11.7. The summed E-state index contributed by atoms with van der Waals surface area (Å²) >= 11 is 7.54. The second-order valence-corrected chi connectivity index (χ2v) is 12.4. The second kappa shape index (κ2) is 15.2. The lowest BCUT2D eigenvalue weighted by atomic mass is 9.85. The molecular weight excluding hydrogens is 516 g/mol. The molecule has 0 radical (unpaired) electrons. The number of amides is 2. The molecule has 2 aliphatic heterocycles. The summed E-state index contributed by atoms with van der Waals surface area (Å²) in [7, 11) is 1.51. The Morgan fingerprint density at radius 3 is 2.55 bits per heavy atom. The predicted octanol–water partition coefficient (Wildman–Crippen LogP) is 3.96. The van der Waals surface area contributed by atoms with E-state index in [9.17, 15) is 9.59 Å². The summed E-state index contributed by atoms with van der Waals surface area (Å²) in [5.74, 6) is 1.61. The Morgan fingerprint density at radius 1 is 1.11 bits per heavy atom. The molecule has 3 aliphatic rings. The molecule has 2 atom stereocenters. The molecule has 2 heterocycles. The van der Waals surface area contributed by atoms with E-state index in [-0.39, 0.29) is 24.5 Å². The van der Waals surface area contributed by atoms with Gasteiger partial charge in [0.1, 0.15) is 12.6 Å². The number of thioether (sulfide) groups is 1. The number of hydrogen-bond acceptors (Lipinski definition) is 6. The lowest BCUT2D eigenvalue weighted by molar-refractivity contribution is -0.140. The zero-order valence-electron chi connectivity index (χ0n) is 22.7. The fourth-order valence-corrected chi connectivity index (χ4v) is 7.43. The Morgan fingerprint density at radius 2 is 1.84 bits per heavy atom. The van der Waals surface area contributed by atoms with Gasteiger partial charge in [-0.1, -0.05) is 74.7 Å². The Balaban J connectivity index is 1.32. The van der Waals surface area contributed by atoms with Crippen LogP contribution in [0.5, 0.6) is 0 Å². The molecule has 0 unspecified atom stereocenters. The average molecular weight is 561 g/mol. The number of rotatable bonds is 11. The average Bonchev–Trinajstić information content (AvgIpc) is 3.44. The summed E-state index contributed by atoms with van der Waals surface area (Å²) in [5.41, 5.74) is 1.35. The van der Waals surface area contributed by atoms with Gasteiger partial charge in [0.05, 0.1) is 16.9 Å². The molecule has 0 bridgehead atoms. The van der Waals surface area contributed by atoms with Gasteiger partial charge in [-0.3, -0.25) is 14.5 Å². The monoisotopic (exact) mass is 560 g/mol. The summed E-state index contributed by atoms with van der Waals surface area (Å²) in [6.45, 7) is 3.04. The molecule has 1 aliphatic carbocycles. The van der Waals surface area contributed by atoms with E-state index in [4.69, 9.17) is 17.0 Å². The molecule has 7 nitrogen and oxygen atoms in total. The van der Waals surface area contributed by atoms with E-state index in [0.29, 0.717) is 23.6 Å². The number of piperidine rings is 1. The van der Waals surface area contributed by atoms with E-state index in [1.165, 1.54) is 44.8 Å². The van der Waals surface area contributed by atoms with Gasteiger partial charge in [0.25, 0.3) is 0 Å². The van der Waals surface area contributed by atoms with Crippen molar-refractivity contribution in [1.29, 1.82) is 0 Å². The zero-order chi connectivity index (χ0) is 26.7. The smallest absolute Gasteiger partial charge is 0.249 e. The van der Waals surface area contributed by atoms with Crippen LogP contribution in [0.25, 0.3) is 0 Å². The maximum atomic E-state index is 13.4. The molecule has 38 heavy (non-hydrogen) atoms. The third-order valence-electron chi connectivity index (χ3n) is 8.18. The van der Waals surface area contributed by atoms with Gasteiger partial charge in [0.2, 0.25) is 11.8 Å². The minimum absolute atomic E-state index is 0.00160. The molecule has 1 saturated carbocycles. The summed E-state index contributed by atoms with van der Waals surface area (Å²) in [4.78, 5) is 30.8. The fourth-order valence-electron chi connectivity index (χ4n) is 5.91. The minimum Gasteiger partial charge on any atom is -0.375 e. The number of likely N-dealkylation sites (tertiary alicyclic amines) is 1. The van der Waals surface area contributed by atoms with Crippen molar-refractivity contribution in [3.05, 3.63) is 35.9 Å². The van der Waals surface area contributed by atoms with Crippen molar-refractivity contribution < 1.29 is 14.3 Å². The number of thiocarbonyl (C=S) groups is 1. The second-order valence-electron chi connectivity index (χ2n) is 11.0. The molecule has 9 heteroatoms.